The molecule has 198 valence electrons. The number of carbonyl (C=O) groups excluding carboxylic acids is 1. The first kappa shape index (κ1) is 27.0. The van der Waals surface area contributed by atoms with Gasteiger partial charge in [0.15, 0.2) is 0 Å². The van der Waals surface area contributed by atoms with Crippen molar-refractivity contribution in [1.29, 1.82) is 0 Å². The number of aryl methyl sites for hydroxylation is 1. The van der Waals surface area contributed by atoms with E-state index in [1.165, 1.54) is 30.3 Å². The second kappa shape index (κ2) is 9.67. The zero-order valence-electron chi connectivity index (χ0n) is 19.9. The molecule has 0 saturated heterocycles. The Labute approximate surface area is 215 Å². The predicted molar refractivity (Wildman–Crippen MR) is 132 cm³/mol. The standard InChI is InChI=1S/C23H24F3N5O4S2/c1-4-12-5-8-14(9-6-12)37(34,35)31-17-15-11-13(7-10-16(15)28-22(2,3)18(17)32)19(33)27-21-30-29-20(36-21)23(24,25)26/h5-11,17-18,28,31-32H,4H2,1-3H3,(H,27,30,33). The fourth-order valence-corrected chi connectivity index (χ4v) is 5.73. The van der Waals surface area contributed by atoms with E-state index in [2.05, 4.69) is 25.6 Å². The molecule has 2 heterocycles. The number of hydrogen-bond donors (Lipinski definition) is 4. The van der Waals surface area contributed by atoms with Gasteiger partial charge in [0.1, 0.15) is 0 Å². The van der Waals surface area contributed by atoms with Gasteiger partial charge in [0.05, 0.1) is 22.6 Å². The fourth-order valence-electron chi connectivity index (χ4n) is 3.91. The third-order valence-corrected chi connectivity index (χ3v) is 8.31. The Kier molecular flexibility index (Phi) is 7.05. The van der Waals surface area contributed by atoms with Crippen LogP contribution in [-0.2, 0) is 22.6 Å². The van der Waals surface area contributed by atoms with Crippen LogP contribution in [0.3, 0.4) is 0 Å². The van der Waals surface area contributed by atoms with Gasteiger partial charge in [0.25, 0.3) is 5.91 Å². The predicted octanol–water partition coefficient (Wildman–Crippen LogP) is 3.96. The zero-order chi connectivity index (χ0) is 27.2. The molecule has 0 fully saturated rings. The number of aromatic nitrogens is 2. The van der Waals surface area contributed by atoms with Crippen molar-refractivity contribution in [3.63, 3.8) is 0 Å². The second-order valence-electron chi connectivity index (χ2n) is 9.05. The number of amides is 1. The summed E-state index contributed by atoms with van der Waals surface area (Å²) in [6, 6.07) is 9.55. The highest BCUT2D eigenvalue weighted by molar-refractivity contribution is 7.89. The van der Waals surface area contributed by atoms with E-state index in [-0.39, 0.29) is 26.9 Å². The minimum Gasteiger partial charge on any atom is -0.389 e. The van der Waals surface area contributed by atoms with Gasteiger partial charge in [-0.2, -0.15) is 13.2 Å². The van der Waals surface area contributed by atoms with Crippen LogP contribution in [0.25, 0.3) is 0 Å². The Bertz CT molecular complexity index is 1420. The molecule has 1 aromatic heterocycles. The van der Waals surface area contributed by atoms with Gasteiger partial charge in [0.2, 0.25) is 20.2 Å². The van der Waals surface area contributed by atoms with Crippen molar-refractivity contribution in [2.75, 3.05) is 10.6 Å². The van der Waals surface area contributed by atoms with Gasteiger partial charge < -0.3 is 10.4 Å². The van der Waals surface area contributed by atoms with E-state index in [9.17, 15) is 31.5 Å². The fraction of sp³-hybridized carbons (Fsp3) is 0.348. The molecule has 14 heteroatoms. The quantitative estimate of drug-likeness (QED) is 0.362. The van der Waals surface area contributed by atoms with Crippen LogP contribution in [0.5, 0.6) is 0 Å². The van der Waals surface area contributed by atoms with E-state index in [1.807, 2.05) is 6.92 Å². The summed E-state index contributed by atoms with van der Waals surface area (Å²) in [7, 11) is -4.07. The highest BCUT2D eigenvalue weighted by Gasteiger charge is 2.43. The van der Waals surface area contributed by atoms with Crippen LogP contribution in [0.15, 0.2) is 47.4 Å². The topological polar surface area (TPSA) is 133 Å². The van der Waals surface area contributed by atoms with Gasteiger partial charge >= 0.3 is 6.18 Å². The third kappa shape index (κ3) is 5.61. The van der Waals surface area contributed by atoms with Gasteiger partial charge in [0, 0.05) is 11.3 Å². The van der Waals surface area contributed by atoms with Crippen molar-refractivity contribution in [2.24, 2.45) is 0 Å². The number of rotatable bonds is 6. The maximum Gasteiger partial charge on any atom is 0.445 e. The minimum atomic E-state index is -4.69. The molecule has 1 amide bonds. The summed E-state index contributed by atoms with van der Waals surface area (Å²) in [5.41, 5.74) is 0.822. The van der Waals surface area contributed by atoms with Crippen molar-refractivity contribution in [2.45, 2.75) is 55.9 Å². The second-order valence-corrected chi connectivity index (χ2v) is 11.7. The van der Waals surface area contributed by atoms with Crippen LogP contribution in [-0.4, -0.2) is 41.3 Å². The summed E-state index contributed by atoms with van der Waals surface area (Å²) in [5, 5.41) is 21.3. The number of nitrogens with zero attached hydrogens (tertiary/aromatic N) is 2. The Balaban J connectivity index is 1.65. The van der Waals surface area contributed by atoms with Crippen LogP contribution >= 0.6 is 11.3 Å². The van der Waals surface area contributed by atoms with Crippen LogP contribution in [0.2, 0.25) is 0 Å². The molecule has 0 spiro atoms. The van der Waals surface area contributed by atoms with Gasteiger partial charge in [-0.1, -0.05) is 30.4 Å². The van der Waals surface area contributed by atoms with E-state index in [0.717, 1.165) is 12.0 Å². The van der Waals surface area contributed by atoms with Crippen LogP contribution in [0.4, 0.5) is 24.0 Å². The van der Waals surface area contributed by atoms with Crippen LogP contribution < -0.4 is 15.4 Å². The number of aliphatic hydroxyl groups is 1. The number of nitrogens with one attached hydrogen (secondary N) is 3. The lowest BCUT2D eigenvalue weighted by atomic mass is 9.82. The summed E-state index contributed by atoms with van der Waals surface area (Å²) in [4.78, 5) is 12.8. The first-order valence-electron chi connectivity index (χ1n) is 11.1. The molecule has 37 heavy (non-hydrogen) atoms. The normalized spacial score (nSPS) is 19.1. The molecule has 2 unspecified atom stereocenters. The minimum absolute atomic E-state index is 0.0143. The number of alkyl halides is 3. The molecule has 0 bridgehead atoms. The number of halogens is 3. The number of sulfonamides is 1. The van der Waals surface area contributed by atoms with Crippen LogP contribution in [0, 0.1) is 0 Å². The van der Waals surface area contributed by atoms with Gasteiger partial charge in [-0.25, -0.2) is 13.1 Å². The van der Waals surface area contributed by atoms with Gasteiger partial charge in [-0.3, -0.25) is 10.1 Å². The third-order valence-electron chi connectivity index (χ3n) is 5.97. The van der Waals surface area contributed by atoms with Crippen molar-refractivity contribution < 1.29 is 31.5 Å². The molecule has 0 radical (unpaired) electrons. The molecule has 2 aromatic carbocycles. The average Bonchev–Trinajstić information content (AvgIpc) is 3.31. The lowest BCUT2D eigenvalue weighted by molar-refractivity contribution is -0.138. The molecular formula is C23H24F3N5O4S2. The van der Waals surface area contributed by atoms with Crippen molar-refractivity contribution in [3.8, 4) is 0 Å². The van der Waals surface area contributed by atoms with Crippen molar-refractivity contribution in [3.05, 3.63) is 64.2 Å². The Hall–Kier alpha value is -3.07. The number of carbonyl (C=O) groups is 1. The monoisotopic (exact) mass is 555 g/mol. The van der Waals surface area contributed by atoms with Gasteiger partial charge in [-0.05, 0) is 61.7 Å². The molecule has 3 aromatic rings. The largest absolute Gasteiger partial charge is 0.445 e. The number of aliphatic hydroxyl groups excluding tert-OH is 1. The first-order chi connectivity index (χ1) is 17.2. The Morgan fingerprint density at radius 3 is 2.43 bits per heavy atom. The van der Waals surface area contributed by atoms with E-state index in [4.69, 9.17) is 0 Å². The molecule has 9 nitrogen and oxygen atoms in total. The van der Waals surface area contributed by atoms with E-state index in [1.54, 1.807) is 26.0 Å². The lowest BCUT2D eigenvalue weighted by Crippen LogP contribution is -2.54. The Morgan fingerprint density at radius 1 is 1.16 bits per heavy atom. The molecule has 0 aliphatic carbocycles. The molecule has 4 N–H and O–H groups in total. The average molecular weight is 556 g/mol. The van der Waals surface area contributed by atoms with Gasteiger partial charge in [-0.15, -0.1) is 10.2 Å². The molecule has 2 atom stereocenters. The number of benzene rings is 2. The number of anilines is 2. The van der Waals surface area contributed by atoms with E-state index < -0.39 is 44.8 Å². The Morgan fingerprint density at radius 2 is 1.84 bits per heavy atom. The van der Waals surface area contributed by atoms with Crippen molar-refractivity contribution >= 4 is 38.1 Å². The summed E-state index contributed by atoms with van der Waals surface area (Å²) in [6.07, 6.45) is -5.19. The summed E-state index contributed by atoms with van der Waals surface area (Å²) < 4.78 is 67.3. The molecule has 4 rings (SSSR count). The number of hydrogen-bond acceptors (Lipinski definition) is 8. The number of fused-ring (bicyclic) bond motifs is 1. The SMILES string of the molecule is CCc1ccc(S(=O)(=O)NC2c3cc(C(=O)Nc4nnc(C(F)(F)F)s4)ccc3NC(C)(C)C2O)cc1. The maximum atomic E-state index is 13.2. The highest BCUT2D eigenvalue weighted by atomic mass is 32.2. The molecular weight excluding hydrogens is 531 g/mol. The zero-order valence-corrected chi connectivity index (χ0v) is 21.6. The summed E-state index contributed by atoms with van der Waals surface area (Å²) >= 11 is 0.177. The molecule has 1 aliphatic heterocycles. The molecule has 1 aliphatic rings. The summed E-state index contributed by atoms with van der Waals surface area (Å²) in [5.74, 6) is -0.774. The lowest BCUT2D eigenvalue weighted by Gasteiger charge is -2.43. The van der Waals surface area contributed by atoms with Crippen molar-refractivity contribution in [1.82, 2.24) is 14.9 Å². The van der Waals surface area contributed by atoms with E-state index in [0.29, 0.717) is 11.3 Å². The first-order valence-corrected chi connectivity index (χ1v) is 13.4. The van der Waals surface area contributed by atoms with Crippen LogP contribution in [0.1, 0.15) is 53.3 Å². The molecule has 0 saturated carbocycles. The highest BCUT2D eigenvalue weighted by Crippen LogP contribution is 2.39. The maximum absolute atomic E-state index is 13.2. The summed E-state index contributed by atoms with van der Waals surface area (Å²) in [6.45, 7) is 5.35. The van der Waals surface area contributed by atoms with E-state index >= 15 is 0 Å². The smallest absolute Gasteiger partial charge is 0.389 e.